The first-order chi connectivity index (χ1) is 7.54. The number of amidine groups is 1. The molecule has 16 heavy (non-hydrogen) atoms. The molecule has 0 fully saturated rings. The fraction of sp³-hybridized carbons (Fsp3) is 0.462. The number of benzene rings is 1. The van der Waals surface area contributed by atoms with Gasteiger partial charge >= 0.3 is 0 Å². The first kappa shape index (κ1) is 12.7. The van der Waals surface area contributed by atoms with Crippen molar-refractivity contribution in [2.45, 2.75) is 26.8 Å². The summed E-state index contributed by atoms with van der Waals surface area (Å²) in [7, 11) is 2.13. The molecule has 0 atom stereocenters. The van der Waals surface area contributed by atoms with E-state index >= 15 is 0 Å². The summed E-state index contributed by atoms with van der Waals surface area (Å²) in [6.45, 7) is 6.32. The smallest absolute Gasteiger partial charge is 0.122 e. The van der Waals surface area contributed by atoms with Gasteiger partial charge in [0.2, 0.25) is 0 Å². The molecule has 0 aliphatic rings. The van der Waals surface area contributed by atoms with Crippen LogP contribution in [0.2, 0.25) is 0 Å². The van der Waals surface area contributed by atoms with Crippen LogP contribution in [-0.2, 0) is 6.54 Å². The SMILES string of the molecule is CCCN(C)Cc1ccc(C(=N)N)cc1C. The lowest BCUT2D eigenvalue weighted by Crippen LogP contribution is -2.19. The topological polar surface area (TPSA) is 53.1 Å². The van der Waals surface area contributed by atoms with Crippen LogP contribution in [0.15, 0.2) is 18.2 Å². The van der Waals surface area contributed by atoms with Crippen LogP contribution in [0.4, 0.5) is 0 Å². The lowest BCUT2D eigenvalue weighted by molar-refractivity contribution is 0.327. The Morgan fingerprint density at radius 2 is 2.12 bits per heavy atom. The van der Waals surface area contributed by atoms with E-state index < -0.39 is 0 Å². The molecule has 1 aromatic rings. The molecule has 0 aromatic heterocycles. The maximum atomic E-state index is 7.38. The molecule has 88 valence electrons. The highest BCUT2D eigenvalue weighted by molar-refractivity contribution is 5.95. The van der Waals surface area contributed by atoms with Crippen LogP contribution in [-0.4, -0.2) is 24.3 Å². The van der Waals surface area contributed by atoms with Gasteiger partial charge in [-0.15, -0.1) is 0 Å². The molecule has 3 heteroatoms. The highest BCUT2D eigenvalue weighted by Crippen LogP contribution is 2.12. The van der Waals surface area contributed by atoms with Crippen LogP contribution in [0.25, 0.3) is 0 Å². The normalized spacial score (nSPS) is 10.8. The molecule has 3 nitrogen and oxygen atoms in total. The minimum Gasteiger partial charge on any atom is -0.384 e. The number of nitrogens with two attached hydrogens (primary N) is 1. The zero-order valence-electron chi connectivity index (χ0n) is 10.4. The maximum Gasteiger partial charge on any atom is 0.122 e. The Morgan fingerprint density at radius 1 is 1.44 bits per heavy atom. The van der Waals surface area contributed by atoms with Gasteiger partial charge in [-0.25, -0.2) is 0 Å². The van der Waals surface area contributed by atoms with Crippen molar-refractivity contribution in [1.82, 2.24) is 4.90 Å². The third-order valence-corrected chi connectivity index (χ3v) is 2.70. The van der Waals surface area contributed by atoms with Crippen molar-refractivity contribution >= 4 is 5.84 Å². The lowest BCUT2D eigenvalue weighted by atomic mass is 10.0. The third kappa shape index (κ3) is 3.35. The molecule has 0 spiro atoms. The summed E-state index contributed by atoms with van der Waals surface area (Å²) in [4.78, 5) is 2.30. The number of hydrogen-bond donors (Lipinski definition) is 2. The summed E-state index contributed by atoms with van der Waals surface area (Å²) >= 11 is 0. The van der Waals surface area contributed by atoms with Crippen molar-refractivity contribution in [1.29, 1.82) is 5.41 Å². The van der Waals surface area contributed by atoms with E-state index in [1.54, 1.807) is 0 Å². The zero-order valence-corrected chi connectivity index (χ0v) is 10.4. The second kappa shape index (κ2) is 5.66. The zero-order chi connectivity index (χ0) is 12.1. The monoisotopic (exact) mass is 219 g/mol. The van der Waals surface area contributed by atoms with E-state index in [0.717, 1.165) is 18.7 Å². The van der Waals surface area contributed by atoms with Gasteiger partial charge in [-0.2, -0.15) is 0 Å². The summed E-state index contributed by atoms with van der Waals surface area (Å²) in [5.74, 6) is 0.136. The third-order valence-electron chi connectivity index (χ3n) is 2.70. The Hall–Kier alpha value is -1.35. The van der Waals surface area contributed by atoms with Crippen molar-refractivity contribution in [3.8, 4) is 0 Å². The highest BCUT2D eigenvalue weighted by Gasteiger charge is 2.04. The number of aryl methyl sites for hydroxylation is 1. The molecule has 0 amide bonds. The predicted molar refractivity (Wildman–Crippen MR) is 68.8 cm³/mol. The van der Waals surface area contributed by atoms with Gasteiger partial charge in [0.15, 0.2) is 0 Å². The lowest BCUT2D eigenvalue weighted by Gasteiger charge is -2.17. The number of nitrogens with one attached hydrogen (secondary N) is 1. The predicted octanol–water partition coefficient (Wildman–Crippen LogP) is 2.12. The van der Waals surface area contributed by atoms with Crippen LogP contribution in [0, 0.1) is 12.3 Å². The van der Waals surface area contributed by atoms with Crippen LogP contribution in [0.1, 0.15) is 30.0 Å². The van der Waals surface area contributed by atoms with E-state index in [-0.39, 0.29) is 5.84 Å². The molecule has 0 bridgehead atoms. The standard InChI is InChI=1S/C13H21N3/c1-4-7-16(3)9-12-6-5-11(13(14)15)8-10(12)2/h5-6,8H,4,7,9H2,1-3H3,(H3,14,15). The minimum absolute atomic E-state index is 0.136. The minimum atomic E-state index is 0.136. The molecule has 0 radical (unpaired) electrons. The van der Waals surface area contributed by atoms with Crippen molar-refractivity contribution in [3.63, 3.8) is 0 Å². The van der Waals surface area contributed by atoms with Crippen molar-refractivity contribution < 1.29 is 0 Å². The van der Waals surface area contributed by atoms with Gasteiger partial charge in [0.05, 0.1) is 0 Å². The molecular weight excluding hydrogens is 198 g/mol. The van der Waals surface area contributed by atoms with Crippen LogP contribution in [0.3, 0.4) is 0 Å². The summed E-state index contributed by atoms with van der Waals surface area (Å²) in [5.41, 5.74) is 8.77. The fourth-order valence-corrected chi connectivity index (χ4v) is 1.79. The summed E-state index contributed by atoms with van der Waals surface area (Å²) in [5, 5.41) is 7.38. The first-order valence-corrected chi connectivity index (χ1v) is 5.67. The van der Waals surface area contributed by atoms with E-state index in [0.29, 0.717) is 0 Å². The van der Waals surface area contributed by atoms with Crippen LogP contribution >= 0.6 is 0 Å². The Kier molecular flexibility index (Phi) is 4.50. The van der Waals surface area contributed by atoms with Gasteiger partial charge in [-0.3, -0.25) is 5.41 Å². The van der Waals surface area contributed by atoms with Gasteiger partial charge in [0, 0.05) is 12.1 Å². The molecule has 1 rings (SSSR count). The van der Waals surface area contributed by atoms with Gasteiger partial charge in [0.25, 0.3) is 0 Å². The van der Waals surface area contributed by atoms with Gasteiger partial charge in [-0.05, 0) is 44.1 Å². The van der Waals surface area contributed by atoms with Crippen LogP contribution < -0.4 is 5.73 Å². The van der Waals surface area contributed by atoms with Crippen LogP contribution in [0.5, 0.6) is 0 Å². The van der Waals surface area contributed by atoms with Crippen molar-refractivity contribution in [3.05, 3.63) is 34.9 Å². The Morgan fingerprint density at radius 3 is 2.62 bits per heavy atom. The maximum absolute atomic E-state index is 7.38. The quantitative estimate of drug-likeness (QED) is 0.588. The van der Waals surface area contributed by atoms with E-state index in [4.69, 9.17) is 11.1 Å². The number of rotatable bonds is 5. The van der Waals surface area contributed by atoms with E-state index in [2.05, 4.69) is 31.9 Å². The molecule has 0 heterocycles. The second-order valence-electron chi connectivity index (χ2n) is 4.29. The largest absolute Gasteiger partial charge is 0.384 e. The van der Waals surface area contributed by atoms with Gasteiger partial charge < -0.3 is 10.6 Å². The molecule has 0 unspecified atom stereocenters. The number of nitrogen functional groups attached to an aromatic ring is 1. The Bertz CT molecular complexity index is 371. The Labute approximate surface area is 97.8 Å². The molecule has 0 aliphatic heterocycles. The van der Waals surface area contributed by atoms with Crippen molar-refractivity contribution in [2.24, 2.45) is 5.73 Å². The highest BCUT2D eigenvalue weighted by atomic mass is 15.1. The second-order valence-corrected chi connectivity index (χ2v) is 4.29. The average molecular weight is 219 g/mol. The Balaban J connectivity index is 2.79. The average Bonchev–Trinajstić information content (AvgIpc) is 2.21. The molecule has 3 N–H and O–H groups in total. The first-order valence-electron chi connectivity index (χ1n) is 5.67. The van der Waals surface area contributed by atoms with E-state index in [1.807, 2.05) is 12.1 Å². The molecular formula is C13H21N3. The summed E-state index contributed by atoms with van der Waals surface area (Å²) in [6.07, 6.45) is 1.17. The van der Waals surface area contributed by atoms with Crippen molar-refractivity contribution in [2.75, 3.05) is 13.6 Å². The fourth-order valence-electron chi connectivity index (χ4n) is 1.79. The van der Waals surface area contributed by atoms with Gasteiger partial charge in [-0.1, -0.05) is 19.1 Å². The number of nitrogens with zero attached hydrogens (tertiary/aromatic N) is 1. The van der Waals surface area contributed by atoms with Gasteiger partial charge in [0.1, 0.15) is 5.84 Å². The van der Waals surface area contributed by atoms with E-state index in [9.17, 15) is 0 Å². The number of hydrogen-bond acceptors (Lipinski definition) is 2. The molecule has 1 aromatic carbocycles. The molecule has 0 saturated heterocycles. The van der Waals surface area contributed by atoms with E-state index in [1.165, 1.54) is 17.5 Å². The summed E-state index contributed by atoms with van der Waals surface area (Å²) < 4.78 is 0. The molecule has 0 saturated carbocycles. The molecule has 0 aliphatic carbocycles. The summed E-state index contributed by atoms with van der Waals surface area (Å²) in [6, 6.07) is 5.97.